The lowest BCUT2D eigenvalue weighted by Gasteiger charge is -2.27. The highest BCUT2D eigenvalue weighted by Gasteiger charge is 2.28. The Labute approximate surface area is 141 Å². The summed E-state index contributed by atoms with van der Waals surface area (Å²) in [5.74, 6) is 1.86. The summed E-state index contributed by atoms with van der Waals surface area (Å²) in [4.78, 5) is 14.1. The second kappa shape index (κ2) is 7.76. The third-order valence-corrected chi connectivity index (χ3v) is 3.81. The minimum Gasteiger partial charge on any atom is -0.385 e. The van der Waals surface area contributed by atoms with Crippen molar-refractivity contribution >= 4 is 5.91 Å². The van der Waals surface area contributed by atoms with Gasteiger partial charge in [-0.3, -0.25) is 4.79 Å². The number of hydrogen-bond acceptors (Lipinski definition) is 2. The average molecular weight is 325 g/mol. The van der Waals surface area contributed by atoms with Gasteiger partial charge < -0.3 is 10.0 Å². The molecule has 1 atom stereocenters. The first-order chi connectivity index (χ1) is 11.4. The minimum absolute atomic E-state index is 0.0834. The monoisotopic (exact) mass is 325 g/mol. The van der Waals surface area contributed by atoms with Gasteiger partial charge in [-0.15, -0.1) is 6.42 Å². The van der Waals surface area contributed by atoms with Crippen molar-refractivity contribution in [1.82, 2.24) is 4.90 Å². The molecular weight excluding hydrogens is 305 g/mol. The number of aliphatic hydroxyl groups is 1. The summed E-state index contributed by atoms with van der Waals surface area (Å²) in [5, 5.41) is 10.6. The predicted molar refractivity (Wildman–Crippen MR) is 91.3 cm³/mol. The Kier molecular flexibility index (Phi) is 5.73. The predicted octanol–water partition coefficient (Wildman–Crippen LogP) is 3.09. The van der Waals surface area contributed by atoms with E-state index in [-0.39, 0.29) is 31.2 Å². The third-order valence-electron chi connectivity index (χ3n) is 3.81. The molecule has 0 fully saturated rings. The molecule has 2 rings (SSSR count). The number of amides is 1. The van der Waals surface area contributed by atoms with E-state index in [1.54, 1.807) is 31.2 Å². The van der Waals surface area contributed by atoms with Gasteiger partial charge in [-0.2, -0.15) is 0 Å². The Morgan fingerprint density at radius 3 is 2.42 bits per heavy atom. The smallest absolute Gasteiger partial charge is 0.226 e. The van der Waals surface area contributed by atoms with Gasteiger partial charge in [0.1, 0.15) is 5.82 Å². The summed E-state index contributed by atoms with van der Waals surface area (Å²) in [6.07, 6.45) is 5.27. The van der Waals surface area contributed by atoms with E-state index in [0.717, 1.165) is 5.56 Å². The SMILES string of the molecule is C#CCN(Cc1ccc(F)cc1)C(=O)CC(C)(O)c1ccccc1. The topological polar surface area (TPSA) is 40.5 Å². The summed E-state index contributed by atoms with van der Waals surface area (Å²) in [6.45, 7) is 2.00. The molecule has 0 heterocycles. The third kappa shape index (κ3) is 4.68. The van der Waals surface area contributed by atoms with Crippen molar-refractivity contribution in [3.05, 3.63) is 71.5 Å². The highest BCUT2D eigenvalue weighted by Crippen LogP contribution is 2.25. The van der Waals surface area contributed by atoms with E-state index in [1.165, 1.54) is 17.0 Å². The average Bonchev–Trinajstić information content (AvgIpc) is 2.57. The molecule has 0 aliphatic carbocycles. The standard InChI is InChI=1S/C20H20FNO2/c1-3-13-22(15-16-9-11-18(21)12-10-16)19(23)14-20(2,24)17-7-5-4-6-8-17/h1,4-12,24H,13-15H2,2H3. The van der Waals surface area contributed by atoms with Gasteiger partial charge in [-0.05, 0) is 30.2 Å². The van der Waals surface area contributed by atoms with Crippen molar-refractivity contribution in [3.63, 3.8) is 0 Å². The van der Waals surface area contributed by atoms with Gasteiger partial charge in [-0.1, -0.05) is 48.4 Å². The van der Waals surface area contributed by atoms with Gasteiger partial charge in [0.15, 0.2) is 0 Å². The summed E-state index contributed by atoms with van der Waals surface area (Å²) in [6, 6.07) is 14.9. The molecule has 0 saturated heterocycles. The van der Waals surface area contributed by atoms with Crippen molar-refractivity contribution in [1.29, 1.82) is 0 Å². The van der Waals surface area contributed by atoms with E-state index in [2.05, 4.69) is 5.92 Å². The van der Waals surface area contributed by atoms with Crippen molar-refractivity contribution in [3.8, 4) is 12.3 Å². The van der Waals surface area contributed by atoms with Gasteiger partial charge in [0.25, 0.3) is 0 Å². The van der Waals surface area contributed by atoms with Crippen molar-refractivity contribution < 1.29 is 14.3 Å². The molecule has 1 N–H and O–H groups in total. The lowest BCUT2D eigenvalue weighted by atomic mass is 9.92. The van der Waals surface area contributed by atoms with Crippen LogP contribution in [-0.4, -0.2) is 22.5 Å². The molecule has 0 spiro atoms. The van der Waals surface area contributed by atoms with Crippen LogP contribution < -0.4 is 0 Å². The van der Waals surface area contributed by atoms with Crippen LogP contribution in [0.25, 0.3) is 0 Å². The zero-order valence-electron chi connectivity index (χ0n) is 13.6. The summed E-state index contributed by atoms with van der Waals surface area (Å²) in [7, 11) is 0. The van der Waals surface area contributed by atoms with E-state index in [4.69, 9.17) is 6.42 Å². The number of nitrogens with zero attached hydrogens (tertiary/aromatic N) is 1. The maximum atomic E-state index is 13.0. The van der Waals surface area contributed by atoms with Crippen LogP contribution in [0.5, 0.6) is 0 Å². The number of rotatable bonds is 6. The van der Waals surface area contributed by atoms with Crippen LogP contribution in [-0.2, 0) is 16.9 Å². The largest absolute Gasteiger partial charge is 0.385 e. The first-order valence-corrected chi connectivity index (χ1v) is 7.66. The van der Waals surface area contributed by atoms with Crippen molar-refractivity contribution in [2.24, 2.45) is 0 Å². The molecule has 0 aliphatic heterocycles. The number of carbonyl (C=O) groups excluding carboxylic acids is 1. The van der Waals surface area contributed by atoms with Crippen LogP contribution in [0.1, 0.15) is 24.5 Å². The fourth-order valence-corrected chi connectivity index (χ4v) is 2.46. The van der Waals surface area contributed by atoms with Crippen LogP contribution in [0, 0.1) is 18.2 Å². The molecule has 1 amide bonds. The number of benzene rings is 2. The molecular formula is C20H20FNO2. The molecule has 3 nitrogen and oxygen atoms in total. The minimum atomic E-state index is -1.28. The van der Waals surface area contributed by atoms with Crippen molar-refractivity contribution in [2.45, 2.75) is 25.5 Å². The Morgan fingerprint density at radius 2 is 1.83 bits per heavy atom. The fourth-order valence-electron chi connectivity index (χ4n) is 2.46. The van der Waals surface area contributed by atoms with E-state index < -0.39 is 5.60 Å². The van der Waals surface area contributed by atoms with Crippen LogP contribution in [0.4, 0.5) is 4.39 Å². The zero-order valence-corrected chi connectivity index (χ0v) is 13.6. The fraction of sp³-hybridized carbons (Fsp3) is 0.250. The molecule has 24 heavy (non-hydrogen) atoms. The molecule has 0 bridgehead atoms. The van der Waals surface area contributed by atoms with E-state index in [1.807, 2.05) is 18.2 Å². The number of halogens is 1. The summed E-state index contributed by atoms with van der Waals surface area (Å²) in [5.41, 5.74) is 0.161. The summed E-state index contributed by atoms with van der Waals surface area (Å²) < 4.78 is 13.0. The molecule has 4 heteroatoms. The quantitative estimate of drug-likeness (QED) is 0.829. The van der Waals surface area contributed by atoms with Gasteiger partial charge in [-0.25, -0.2) is 4.39 Å². The molecule has 0 saturated carbocycles. The van der Waals surface area contributed by atoms with E-state index in [0.29, 0.717) is 5.56 Å². The first kappa shape index (κ1) is 17.7. The first-order valence-electron chi connectivity index (χ1n) is 7.66. The molecule has 0 radical (unpaired) electrons. The molecule has 2 aromatic carbocycles. The lowest BCUT2D eigenvalue weighted by molar-refractivity contribution is -0.136. The maximum Gasteiger partial charge on any atom is 0.226 e. The van der Waals surface area contributed by atoms with Crippen LogP contribution in [0.3, 0.4) is 0 Å². The normalized spacial score (nSPS) is 12.9. The van der Waals surface area contributed by atoms with Gasteiger partial charge >= 0.3 is 0 Å². The zero-order chi connectivity index (χ0) is 17.6. The Balaban J connectivity index is 2.11. The molecule has 124 valence electrons. The van der Waals surface area contributed by atoms with E-state index in [9.17, 15) is 14.3 Å². The van der Waals surface area contributed by atoms with Crippen molar-refractivity contribution in [2.75, 3.05) is 6.54 Å². The maximum absolute atomic E-state index is 13.0. The molecule has 0 aliphatic rings. The second-order valence-electron chi connectivity index (χ2n) is 5.90. The van der Waals surface area contributed by atoms with Gasteiger partial charge in [0, 0.05) is 6.54 Å². The number of terminal acetylenes is 1. The Hall–Kier alpha value is -2.64. The number of carbonyl (C=O) groups is 1. The molecule has 1 unspecified atom stereocenters. The Bertz CT molecular complexity index is 718. The summed E-state index contributed by atoms with van der Waals surface area (Å²) >= 11 is 0. The van der Waals surface area contributed by atoms with Crippen LogP contribution in [0.15, 0.2) is 54.6 Å². The van der Waals surface area contributed by atoms with Gasteiger partial charge in [0.05, 0.1) is 18.6 Å². The number of hydrogen-bond donors (Lipinski definition) is 1. The van der Waals surface area contributed by atoms with Gasteiger partial charge in [0.2, 0.25) is 5.91 Å². The van der Waals surface area contributed by atoms with Crippen LogP contribution >= 0.6 is 0 Å². The van der Waals surface area contributed by atoms with E-state index >= 15 is 0 Å². The second-order valence-corrected chi connectivity index (χ2v) is 5.90. The lowest BCUT2D eigenvalue weighted by Crippen LogP contribution is -2.36. The highest BCUT2D eigenvalue weighted by atomic mass is 19.1. The Morgan fingerprint density at radius 1 is 1.21 bits per heavy atom. The molecule has 2 aromatic rings. The highest BCUT2D eigenvalue weighted by molar-refractivity contribution is 5.77. The molecule has 0 aromatic heterocycles. The van der Waals surface area contributed by atoms with Crippen LogP contribution in [0.2, 0.25) is 0 Å².